The van der Waals surface area contributed by atoms with Crippen molar-refractivity contribution in [2.75, 3.05) is 14.1 Å². The van der Waals surface area contributed by atoms with Crippen LogP contribution in [0.4, 0.5) is 0 Å². The molecule has 0 aromatic carbocycles. The Morgan fingerprint density at radius 1 is 1.09 bits per heavy atom. The van der Waals surface area contributed by atoms with Crippen molar-refractivity contribution < 1.29 is 45.0 Å². The molecule has 0 amide bonds. The van der Waals surface area contributed by atoms with E-state index in [4.69, 9.17) is 14.2 Å². The van der Waals surface area contributed by atoms with Crippen molar-refractivity contribution in [1.29, 1.82) is 0 Å². The molecule has 9 nitrogen and oxygen atoms in total. The van der Waals surface area contributed by atoms with Gasteiger partial charge in [-0.25, -0.2) is 0 Å². The standard InChI is InChI=1S/C14H24N2O7/c1-5-4-6(17)14(20)13(21-5)22-12-10(19)7(15-2)9(18)8(16-3)11(12)23-14/h5,7-13,15-16,18-20H,4H2,1-3H3/p+2/t5-,7+,8-,9-,10+,11-,12+,13-,14-/m0/s1. The Hall–Kier alpha value is -0.650. The van der Waals surface area contributed by atoms with Crippen LogP contribution in [0.1, 0.15) is 13.3 Å². The van der Waals surface area contributed by atoms with Gasteiger partial charge in [0.05, 0.1) is 20.2 Å². The van der Waals surface area contributed by atoms with Crippen LogP contribution in [0.3, 0.4) is 0 Å². The zero-order valence-electron chi connectivity index (χ0n) is 13.5. The lowest BCUT2D eigenvalue weighted by Gasteiger charge is -2.53. The molecule has 9 atom stereocenters. The lowest BCUT2D eigenvalue weighted by molar-refractivity contribution is -0.731. The average molecular weight is 334 g/mol. The second-order valence-corrected chi connectivity index (χ2v) is 6.59. The predicted molar refractivity (Wildman–Crippen MR) is 73.9 cm³/mol. The molecule has 9 heteroatoms. The van der Waals surface area contributed by atoms with Crippen LogP contribution in [0.2, 0.25) is 0 Å². The number of carbonyl (C=O) groups excluding carboxylic acids is 1. The number of quaternary nitrogens is 2. The van der Waals surface area contributed by atoms with Gasteiger partial charge in [-0.15, -0.1) is 0 Å². The molecule has 3 fully saturated rings. The van der Waals surface area contributed by atoms with Crippen molar-refractivity contribution in [3.8, 4) is 0 Å². The fourth-order valence-corrected chi connectivity index (χ4v) is 3.86. The molecule has 0 bridgehead atoms. The van der Waals surface area contributed by atoms with E-state index in [2.05, 4.69) is 0 Å². The summed E-state index contributed by atoms with van der Waals surface area (Å²) in [6, 6.07) is -0.981. The van der Waals surface area contributed by atoms with Gasteiger partial charge in [0, 0.05) is 6.42 Å². The highest BCUT2D eigenvalue weighted by Gasteiger charge is 2.65. The molecule has 2 saturated heterocycles. The van der Waals surface area contributed by atoms with Crippen LogP contribution in [0.25, 0.3) is 0 Å². The van der Waals surface area contributed by atoms with E-state index in [1.165, 1.54) is 0 Å². The van der Waals surface area contributed by atoms with Crippen LogP contribution < -0.4 is 10.6 Å². The highest BCUT2D eigenvalue weighted by molar-refractivity contribution is 5.87. The first-order chi connectivity index (χ1) is 10.8. The number of rotatable bonds is 2. The molecular weight excluding hydrogens is 308 g/mol. The van der Waals surface area contributed by atoms with Crippen molar-refractivity contribution in [3.63, 3.8) is 0 Å². The van der Waals surface area contributed by atoms with E-state index in [0.717, 1.165) is 0 Å². The molecular formula is C14H26N2O7+2. The SMILES string of the molecule is C[NH2+][C@H]1[C@@H](O)[C@H]2O[C@@H]3O[C@@H](C)CC(=O)[C@]3(O)O[C@H]2[C@@H]([NH2+]C)[C@H]1O. The first-order valence-electron chi connectivity index (χ1n) is 8.03. The van der Waals surface area contributed by atoms with Crippen LogP contribution in [-0.2, 0) is 19.0 Å². The molecule has 7 N–H and O–H groups in total. The third-order valence-corrected chi connectivity index (χ3v) is 5.14. The summed E-state index contributed by atoms with van der Waals surface area (Å²) in [4.78, 5) is 12.2. The van der Waals surface area contributed by atoms with Gasteiger partial charge in [0.25, 0.3) is 5.79 Å². The molecule has 0 radical (unpaired) electrons. The third kappa shape index (κ3) is 2.52. The van der Waals surface area contributed by atoms with Crippen molar-refractivity contribution in [3.05, 3.63) is 0 Å². The quantitative estimate of drug-likeness (QED) is 0.341. The number of fused-ring (bicyclic) bond motifs is 2. The summed E-state index contributed by atoms with van der Waals surface area (Å²) in [6.07, 6.45) is -5.20. The molecule has 0 spiro atoms. The predicted octanol–water partition coefficient (Wildman–Crippen LogP) is -4.98. The van der Waals surface area contributed by atoms with Gasteiger partial charge in [-0.3, -0.25) is 4.79 Å². The topological polar surface area (TPSA) is 139 Å². The van der Waals surface area contributed by atoms with Gasteiger partial charge in [-0.05, 0) is 6.92 Å². The molecule has 2 aliphatic heterocycles. The second kappa shape index (κ2) is 6.01. The zero-order valence-corrected chi connectivity index (χ0v) is 13.5. The number of aliphatic hydroxyl groups is 3. The monoisotopic (exact) mass is 334 g/mol. The summed E-state index contributed by atoms with van der Waals surface area (Å²) in [7, 11) is 3.52. The normalized spacial score (nSPS) is 53.6. The summed E-state index contributed by atoms with van der Waals surface area (Å²) >= 11 is 0. The molecule has 23 heavy (non-hydrogen) atoms. The number of Topliss-reactive ketones (excluding diaryl/α,β-unsaturated/α-hetero) is 1. The van der Waals surface area contributed by atoms with Gasteiger partial charge < -0.3 is 40.2 Å². The van der Waals surface area contributed by atoms with Crippen LogP contribution >= 0.6 is 0 Å². The molecule has 0 aromatic rings. The smallest absolute Gasteiger partial charge is 0.280 e. The summed E-state index contributed by atoms with van der Waals surface area (Å²) in [5.74, 6) is -2.71. The van der Waals surface area contributed by atoms with E-state index < -0.39 is 60.5 Å². The number of likely N-dealkylation sites (N-methyl/N-ethyl adjacent to an activating group) is 2. The van der Waals surface area contributed by atoms with E-state index in [0.29, 0.717) is 0 Å². The minimum atomic E-state index is -2.20. The Labute approximate surface area is 133 Å². The van der Waals surface area contributed by atoms with Crippen molar-refractivity contribution in [2.45, 2.75) is 68.0 Å². The summed E-state index contributed by atoms with van der Waals surface area (Å²) in [6.45, 7) is 1.71. The van der Waals surface area contributed by atoms with Gasteiger partial charge in [-0.1, -0.05) is 0 Å². The van der Waals surface area contributed by atoms with E-state index in [1.807, 2.05) is 0 Å². The largest absolute Gasteiger partial charge is 0.384 e. The highest BCUT2D eigenvalue weighted by Crippen LogP contribution is 2.39. The first kappa shape index (κ1) is 17.2. The molecule has 0 unspecified atom stereocenters. The third-order valence-electron chi connectivity index (χ3n) is 5.14. The summed E-state index contributed by atoms with van der Waals surface area (Å²) in [5.41, 5.74) is 0. The van der Waals surface area contributed by atoms with Crippen molar-refractivity contribution in [2.24, 2.45) is 0 Å². The minimum absolute atomic E-state index is 0.0186. The fraction of sp³-hybridized carbons (Fsp3) is 0.929. The fourth-order valence-electron chi connectivity index (χ4n) is 3.86. The molecule has 132 valence electrons. The molecule has 3 rings (SSSR count). The van der Waals surface area contributed by atoms with Crippen LogP contribution in [0.5, 0.6) is 0 Å². The Kier molecular flexibility index (Phi) is 4.49. The van der Waals surface area contributed by atoms with Gasteiger partial charge in [0.2, 0.25) is 6.29 Å². The second-order valence-electron chi connectivity index (χ2n) is 6.59. The molecule has 1 aliphatic carbocycles. The van der Waals surface area contributed by atoms with Crippen molar-refractivity contribution >= 4 is 5.78 Å². The maximum atomic E-state index is 12.2. The summed E-state index contributed by atoms with van der Waals surface area (Å²) in [5, 5.41) is 35.1. The van der Waals surface area contributed by atoms with E-state index in [1.54, 1.807) is 31.7 Å². The van der Waals surface area contributed by atoms with E-state index >= 15 is 0 Å². The van der Waals surface area contributed by atoms with Gasteiger partial charge in [0.15, 0.2) is 11.9 Å². The number of hydrogen-bond donors (Lipinski definition) is 5. The lowest BCUT2D eigenvalue weighted by atomic mass is 9.80. The zero-order chi connectivity index (χ0) is 16.9. The Bertz CT molecular complexity index is 478. The maximum absolute atomic E-state index is 12.2. The van der Waals surface area contributed by atoms with E-state index in [9.17, 15) is 20.1 Å². The van der Waals surface area contributed by atoms with Gasteiger partial charge >= 0.3 is 0 Å². The first-order valence-corrected chi connectivity index (χ1v) is 8.03. The van der Waals surface area contributed by atoms with E-state index in [-0.39, 0.29) is 6.42 Å². The molecule has 3 aliphatic rings. The Balaban J connectivity index is 1.92. The van der Waals surface area contributed by atoms with Crippen LogP contribution in [-0.4, -0.2) is 89.9 Å². The number of carbonyl (C=O) groups is 1. The van der Waals surface area contributed by atoms with Gasteiger partial charge in [-0.2, -0.15) is 0 Å². The number of ketones is 1. The highest BCUT2D eigenvalue weighted by atomic mass is 16.8. The average Bonchev–Trinajstić information content (AvgIpc) is 2.49. The number of nitrogens with two attached hydrogens (primary N) is 2. The number of ether oxygens (including phenoxy) is 3. The minimum Gasteiger partial charge on any atom is -0.384 e. The summed E-state index contributed by atoms with van der Waals surface area (Å²) < 4.78 is 16.9. The molecule has 1 saturated carbocycles. The number of aliphatic hydroxyl groups excluding tert-OH is 2. The van der Waals surface area contributed by atoms with Gasteiger partial charge in [0.1, 0.15) is 30.4 Å². The van der Waals surface area contributed by atoms with Crippen LogP contribution in [0.15, 0.2) is 0 Å². The Morgan fingerprint density at radius 3 is 2.35 bits per heavy atom. The Morgan fingerprint density at radius 2 is 1.74 bits per heavy atom. The lowest BCUT2D eigenvalue weighted by Crippen LogP contribution is -3.03. The molecule has 0 aromatic heterocycles. The van der Waals surface area contributed by atoms with Crippen LogP contribution in [0, 0.1) is 0 Å². The number of hydrogen-bond acceptors (Lipinski definition) is 7. The maximum Gasteiger partial charge on any atom is 0.280 e. The van der Waals surface area contributed by atoms with Crippen molar-refractivity contribution in [1.82, 2.24) is 0 Å². The molecule has 2 heterocycles.